The molecular formula is C13H12BrCl2NS. The summed E-state index contributed by atoms with van der Waals surface area (Å²) in [6.45, 7) is 2.13. The molecule has 0 spiro atoms. The molecule has 0 bridgehead atoms. The van der Waals surface area contributed by atoms with Crippen LogP contribution in [0.5, 0.6) is 0 Å². The van der Waals surface area contributed by atoms with Gasteiger partial charge in [-0.1, -0.05) is 39.1 Å². The molecule has 1 nitrogen and oxygen atoms in total. The van der Waals surface area contributed by atoms with Crippen molar-refractivity contribution in [3.63, 3.8) is 0 Å². The van der Waals surface area contributed by atoms with Crippen LogP contribution in [0.1, 0.15) is 17.8 Å². The molecule has 1 N–H and O–H groups in total. The first kappa shape index (κ1) is 14.4. The third-order valence-electron chi connectivity index (χ3n) is 2.74. The Morgan fingerprint density at radius 2 is 1.83 bits per heavy atom. The topological polar surface area (TPSA) is 12.0 Å². The van der Waals surface area contributed by atoms with Gasteiger partial charge in [-0.05, 0) is 38.2 Å². The molecule has 5 heteroatoms. The smallest absolute Gasteiger partial charge is 0.0518 e. The monoisotopic (exact) mass is 363 g/mol. The van der Waals surface area contributed by atoms with Crippen LogP contribution < -0.4 is 5.32 Å². The molecule has 18 heavy (non-hydrogen) atoms. The van der Waals surface area contributed by atoms with Crippen LogP contribution in [0.4, 0.5) is 0 Å². The minimum atomic E-state index is 0.330. The molecule has 2 rings (SSSR count). The van der Waals surface area contributed by atoms with Gasteiger partial charge in [0.2, 0.25) is 0 Å². The molecule has 0 aliphatic carbocycles. The third-order valence-corrected chi connectivity index (χ3v) is 5.08. The summed E-state index contributed by atoms with van der Waals surface area (Å²) in [5.41, 5.74) is 0.904. The van der Waals surface area contributed by atoms with Gasteiger partial charge in [-0.2, -0.15) is 0 Å². The van der Waals surface area contributed by atoms with Gasteiger partial charge in [0, 0.05) is 25.8 Å². The second kappa shape index (κ2) is 5.93. The number of benzene rings is 1. The molecule has 1 atom stereocenters. The van der Waals surface area contributed by atoms with Crippen molar-refractivity contribution in [3.05, 3.63) is 43.7 Å². The van der Waals surface area contributed by atoms with E-state index in [1.807, 2.05) is 19.2 Å². The van der Waals surface area contributed by atoms with E-state index in [0.717, 1.165) is 14.9 Å². The van der Waals surface area contributed by atoms with E-state index < -0.39 is 0 Å². The predicted octanol–water partition coefficient (Wildman–Crippen LogP) is 5.76. The Morgan fingerprint density at radius 1 is 1.22 bits per heavy atom. The highest BCUT2D eigenvalue weighted by Crippen LogP contribution is 2.41. The standard InChI is InChI=1S/C13H12BrCl2NS/c1-7(17-2)11-3-4-12(18-11)13-9(15)5-8(14)6-10(13)16/h3-7,17H,1-2H3. The molecule has 0 saturated heterocycles. The molecule has 0 radical (unpaired) electrons. The lowest BCUT2D eigenvalue weighted by atomic mass is 10.2. The Balaban J connectivity index is 2.46. The second-order valence-electron chi connectivity index (χ2n) is 3.96. The zero-order chi connectivity index (χ0) is 13.3. The number of halogens is 3. The molecule has 0 aliphatic rings. The number of hydrogen-bond donors (Lipinski definition) is 1. The first-order valence-electron chi connectivity index (χ1n) is 5.45. The fourth-order valence-electron chi connectivity index (χ4n) is 1.64. The molecule has 1 aromatic heterocycles. The van der Waals surface area contributed by atoms with Crippen molar-refractivity contribution in [1.29, 1.82) is 0 Å². The van der Waals surface area contributed by atoms with Crippen LogP contribution in [0.2, 0.25) is 10.0 Å². The minimum absolute atomic E-state index is 0.330. The van der Waals surface area contributed by atoms with Crippen LogP contribution >= 0.6 is 50.5 Å². The fraction of sp³-hybridized carbons (Fsp3) is 0.231. The van der Waals surface area contributed by atoms with Crippen LogP contribution in [-0.4, -0.2) is 7.05 Å². The predicted molar refractivity (Wildman–Crippen MR) is 84.9 cm³/mol. The molecule has 0 amide bonds. The molecule has 0 saturated carbocycles. The zero-order valence-corrected chi connectivity index (χ0v) is 13.8. The number of thiophene rings is 1. The maximum absolute atomic E-state index is 6.27. The van der Waals surface area contributed by atoms with E-state index in [0.29, 0.717) is 16.1 Å². The lowest BCUT2D eigenvalue weighted by Gasteiger charge is -2.07. The molecule has 2 aromatic rings. The summed E-state index contributed by atoms with van der Waals surface area (Å²) in [7, 11) is 1.95. The highest BCUT2D eigenvalue weighted by Gasteiger charge is 2.14. The van der Waals surface area contributed by atoms with Gasteiger partial charge < -0.3 is 5.32 Å². The number of nitrogens with one attached hydrogen (secondary N) is 1. The average Bonchev–Trinajstić information content (AvgIpc) is 2.76. The van der Waals surface area contributed by atoms with Gasteiger partial charge >= 0.3 is 0 Å². The van der Waals surface area contributed by atoms with Crippen molar-refractivity contribution >= 4 is 50.5 Å². The SMILES string of the molecule is CNC(C)c1ccc(-c2c(Cl)cc(Br)cc2Cl)s1. The first-order chi connectivity index (χ1) is 8.52. The Kier molecular flexibility index (Phi) is 4.73. The van der Waals surface area contributed by atoms with Crippen molar-refractivity contribution in [2.45, 2.75) is 13.0 Å². The Hall–Kier alpha value is -0.0600. The van der Waals surface area contributed by atoms with Gasteiger partial charge in [-0.15, -0.1) is 11.3 Å². The van der Waals surface area contributed by atoms with Crippen molar-refractivity contribution in [3.8, 4) is 10.4 Å². The number of hydrogen-bond acceptors (Lipinski definition) is 2. The minimum Gasteiger partial charge on any atom is -0.313 e. The molecular weight excluding hydrogens is 353 g/mol. The maximum Gasteiger partial charge on any atom is 0.0518 e. The van der Waals surface area contributed by atoms with Gasteiger partial charge in [-0.3, -0.25) is 0 Å². The summed E-state index contributed by atoms with van der Waals surface area (Å²) in [5, 5.41) is 4.55. The first-order valence-corrected chi connectivity index (χ1v) is 7.81. The Labute approximate surface area is 129 Å². The summed E-state index contributed by atoms with van der Waals surface area (Å²) in [5.74, 6) is 0. The zero-order valence-electron chi connectivity index (χ0n) is 9.93. The molecule has 1 unspecified atom stereocenters. The van der Waals surface area contributed by atoms with Crippen molar-refractivity contribution < 1.29 is 0 Å². The summed E-state index contributed by atoms with van der Waals surface area (Å²) in [6.07, 6.45) is 0. The van der Waals surface area contributed by atoms with E-state index in [1.54, 1.807) is 11.3 Å². The summed E-state index contributed by atoms with van der Waals surface area (Å²) in [6, 6.07) is 8.23. The maximum atomic E-state index is 6.27. The van der Waals surface area contributed by atoms with Crippen molar-refractivity contribution in [2.75, 3.05) is 7.05 Å². The quantitative estimate of drug-likeness (QED) is 0.729. The van der Waals surface area contributed by atoms with E-state index in [4.69, 9.17) is 23.2 Å². The third kappa shape index (κ3) is 2.91. The fourth-order valence-corrected chi connectivity index (χ4v) is 4.31. The van der Waals surface area contributed by atoms with E-state index in [9.17, 15) is 0 Å². The Bertz CT molecular complexity index is 545. The van der Waals surface area contributed by atoms with Crippen molar-refractivity contribution in [1.82, 2.24) is 5.32 Å². The average molecular weight is 365 g/mol. The molecule has 1 heterocycles. The van der Waals surface area contributed by atoms with Crippen LogP contribution in [0.25, 0.3) is 10.4 Å². The van der Waals surface area contributed by atoms with Crippen molar-refractivity contribution in [2.24, 2.45) is 0 Å². The number of rotatable bonds is 3. The second-order valence-corrected chi connectivity index (χ2v) is 6.80. The largest absolute Gasteiger partial charge is 0.313 e. The summed E-state index contributed by atoms with van der Waals surface area (Å²) < 4.78 is 0.890. The van der Waals surface area contributed by atoms with Gasteiger partial charge in [0.05, 0.1) is 10.0 Å². The Morgan fingerprint density at radius 3 is 2.39 bits per heavy atom. The van der Waals surface area contributed by atoms with Gasteiger partial charge in [-0.25, -0.2) is 0 Å². The lowest BCUT2D eigenvalue weighted by molar-refractivity contribution is 0.664. The molecule has 0 fully saturated rings. The molecule has 96 valence electrons. The van der Waals surface area contributed by atoms with Crippen LogP contribution in [0.3, 0.4) is 0 Å². The molecule has 1 aromatic carbocycles. The van der Waals surface area contributed by atoms with Gasteiger partial charge in [0.25, 0.3) is 0 Å². The van der Waals surface area contributed by atoms with Crippen LogP contribution in [0.15, 0.2) is 28.7 Å². The lowest BCUT2D eigenvalue weighted by Crippen LogP contribution is -2.10. The van der Waals surface area contributed by atoms with Crippen LogP contribution in [0, 0.1) is 0 Å². The van der Waals surface area contributed by atoms with Gasteiger partial charge in [0.15, 0.2) is 0 Å². The van der Waals surface area contributed by atoms with Crippen LogP contribution in [-0.2, 0) is 0 Å². The highest BCUT2D eigenvalue weighted by molar-refractivity contribution is 9.10. The normalized spacial score (nSPS) is 12.7. The highest BCUT2D eigenvalue weighted by atomic mass is 79.9. The van der Waals surface area contributed by atoms with E-state index >= 15 is 0 Å². The van der Waals surface area contributed by atoms with E-state index in [-0.39, 0.29) is 0 Å². The van der Waals surface area contributed by atoms with E-state index in [1.165, 1.54) is 4.88 Å². The summed E-state index contributed by atoms with van der Waals surface area (Å²) in [4.78, 5) is 2.36. The van der Waals surface area contributed by atoms with E-state index in [2.05, 4.69) is 40.3 Å². The van der Waals surface area contributed by atoms with Gasteiger partial charge in [0.1, 0.15) is 0 Å². The summed E-state index contributed by atoms with van der Waals surface area (Å²) >= 11 is 17.6. The molecule has 0 aliphatic heterocycles.